The highest BCUT2D eigenvalue weighted by Gasteiger charge is 2.09. The molecule has 0 spiro atoms. The van der Waals surface area contributed by atoms with E-state index in [-0.39, 0.29) is 11.4 Å². The largest absolute Gasteiger partial charge is 0.350 e. The van der Waals surface area contributed by atoms with Crippen LogP contribution in [0.15, 0.2) is 6.20 Å². The number of hydrogen-bond donors (Lipinski definition) is 2. The summed E-state index contributed by atoms with van der Waals surface area (Å²) in [5, 5.41) is 7.11. The summed E-state index contributed by atoms with van der Waals surface area (Å²) in [7, 11) is 0. The van der Waals surface area contributed by atoms with Crippen LogP contribution in [-0.4, -0.2) is 23.0 Å². The Labute approximate surface area is 107 Å². The molecule has 0 aromatic carbocycles. The van der Waals surface area contributed by atoms with Crippen molar-refractivity contribution in [3.8, 4) is 0 Å². The zero-order valence-corrected chi connectivity index (χ0v) is 11.8. The lowest BCUT2D eigenvalue weighted by atomic mass is 10.1. The second-order valence-electron chi connectivity index (χ2n) is 5.07. The van der Waals surface area contributed by atoms with E-state index in [1.54, 1.807) is 11.3 Å². The van der Waals surface area contributed by atoms with Gasteiger partial charge in [-0.25, -0.2) is 4.98 Å². The van der Waals surface area contributed by atoms with Gasteiger partial charge in [-0.15, -0.1) is 11.3 Å². The summed E-state index contributed by atoms with van der Waals surface area (Å²) in [6, 6.07) is 0. The van der Waals surface area contributed by atoms with Crippen molar-refractivity contribution in [2.45, 2.75) is 46.2 Å². The SMILES string of the molecule is Cc1cnc(CNC(=O)CCNC(C)(C)C)s1. The second-order valence-corrected chi connectivity index (χ2v) is 6.39. The number of nitrogens with one attached hydrogen (secondary N) is 2. The molecule has 1 amide bonds. The van der Waals surface area contributed by atoms with Gasteiger partial charge in [0.15, 0.2) is 0 Å². The van der Waals surface area contributed by atoms with Crippen molar-refractivity contribution in [3.05, 3.63) is 16.1 Å². The molecule has 0 saturated heterocycles. The number of aryl methyl sites for hydroxylation is 1. The summed E-state index contributed by atoms with van der Waals surface area (Å²) in [4.78, 5) is 16.9. The van der Waals surface area contributed by atoms with Gasteiger partial charge < -0.3 is 10.6 Å². The first-order chi connectivity index (χ1) is 7.87. The molecule has 1 aromatic rings. The van der Waals surface area contributed by atoms with E-state index in [2.05, 4.69) is 36.4 Å². The van der Waals surface area contributed by atoms with E-state index in [1.807, 2.05) is 13.1 Å². The summed E-state index contributed by atoms with van der Waals surface area (Å²) in [5.74, 6) is 0.0644. The number of carbonyl (C=O) groups is 1. The summed E-state index contributed by atoms with van der Waals surface area (Å²) >= 11 is 1.62. The monoisotopic (exact) mass is 255 g/mol. The first-order valence-corrected chi connectivity index (χ1v) is 6.61. The van der Waals surface area contributed by atoms with Gasteiger partial charge in [0.1, 0.15) is 5.01 Å². The Bertz CT molecular complexity index is 368. The Balaban J connectivity index is 2.18. The van der Waals surface area contributed by atoms with E-state index in [1.165, 1.54) is 4.88 Å². The molecule has 0 bridgehead atoms. The molecule has 96 valence electrons. The van der Waals surface area contributed by atoms with Gasteiger partial charge in [-0.1, -0.05) is 0 Å². The highest BCUT2D eigenvalue weighted by molar-refractivity contribution is 7.11. The third-order valence-corrected chi connectivity index (χ3v) is 3.03. The van der Waals surface area contributed by atoms with Crippen LogP contribution in [0, 0.1) is 6.92 Å². The van der Waals surface area contributed by atoms with Crippen LogP contribution in [0.3, 0.4) is 0 Å². The predicted octanol–water partition coefficient (Wildman–Crippen LogP) is 1.85. The molecule has 0 fully saturated rings. The summed E-state index contributed by atoms with van der Waals surface area (Å²) in [6.45, 7) is 9.51. The number of amides is 1. The van der Waals surface area contributed by atoms with Gasteiger partial charge in [-0.05, 0) is 27.7 Å². The normalized spacial score (nSPS) is 11.5. The van der Waals surface area contributed by atoms with Crippen molar-refractivity contribution in [3.63, 3.8) is 0 Å². The number of thiazole rings is 1. The van der Waals surface area contributed by atoms with Gasteiger partial charge >= 0.3 is 0 Å². The minimum atomic E-state index is 0.0622. The Hall–Kier alpha value is -0.940. The van der Waals surface area contributed by atoms with E-state index in [0.717, 1.165) is 5.01 Å². The highest BCUT2D eigenvalue weighted by Crippen LogP contribution is 2.10. The molecule has 0 atom stereocenters. The fourth-order valence-electron chi connectivity index (χ4n) is 1.30. The second kappa shape index (κ2) is 6.12. The Morgan fingerprint density at radius 1 is 1.47 bits per heavy atom. The van der Waals surface area contributed by atoms with Crippen molar-refractivity contribution in [2.24, 2.45) is 0 Å². The maximum absolute atomic E-state index is 11.5. The predicted molar refractivity (Wildman–Crippen MR) is 71.1 cm³/mol. The van der Waals surface area contributed by atoms with E-state index in [9.17, 15) is 4.79 Å². The summed E-state index contributed by atoms with van der Waals surface area (Å²) < 4.78 is 0. The van der Waals surface area contributed by atoms with Crippen LogP contribution in [0.5, 0.6) is 0 Å². The van der Waals surface area contributed by atoms with E-state index >= 15 is 0 Å². The van der Waals surface area contributed by atoms with Crippen LogP contribution in [-0.2, 0) is 11.3 Å². The molecule has 0 aliphatic heterocycles. The number of nitrogens with zero attached hydrogens (tertiary/aromatic N) is 1. The Morgan fingerprint density at radius 3 is 2.71 bits per heavy atom. The van der Waals surface area contributed by atoms with E-state index in [4.69, 9.17) is 0 Å². The molecular weight excluding hydrogens is 234 g/mol. The third kappa shape index (κ3) is 6.38. The molecule has 5 heteroatoms. The Morgan fingerprint density at radius 2 is 2.18 bits per heavy atom. The van der Waals surface area contributed by atoms with Gasteiger partial charge in [0, 0.05) is 29.6 Å². The van der Waals surface area contributed by atoms with Gasteiger partial charge in [0.2, 0.25) is 5.91 Å². The van der Waals surface area contributed by atoms with Crippen LogP contribution in [0.25, 0.3) is 0 Å². The van der Waals surface area contributed by atoms with Crippen LogP contribution >= 0.6 is 11.3 Å². The molecule has 4 nitrogen and oxygen atoms in total. The van der Waals surface area contributed by atoms with Crippen LogP contribution in [0.4, 0.5) is 0 Å². The number of aromatic nitrogens is 1. The van der Waals surface area contributed by atoms with Crippen LogP contribution in [0.2, 0.25) is 0 Å². The fraction of sp³-hybridized carbons (Fsp3) is 0.667. The highest BCUT2D eigenvalue weighted by atomic mass is 32.1. The van der Waals surface area contributed by atoms with Gasteiger partial charge in [-0.3, -0.25) is 4.79 Å². The molecule has 1 heterocycles. The first kappa shape index (κ1) is 14.1. The molecule has 1 rings (SSSR count). The minimum Gasteiger partial charge on any atom is -0.350 e. The smallest absolute Gasteiger partial charge is 0.221 e. The van der Waals surface area contributed by atoms with E-state index < -0.39 is 0 Å². The maximum atomic E-state index is 11.5. The molecule has 1 aromatic heterocycles. The van der Waals surface area contributed by atoms with Crippen molar-refractivity contribution in [1.29, 1.82) is 0 Å². The molecule has 0 aliphatic carbocycles. The van der Waals surface area contributed by atoms with Crippen LogP contribution < -0.4 is 10.6 Å². The van der Waals surface area contributed by atoms with Gasteiger partial charge in [0.25, 0.3) is 0 Å². The van der Waals surface area contributed by atoms with Crippen molar-refractivity contribution >= 4 is 17.2 Å². The zero-order chi connectivity index (χ0) is 12.9. The maximum Gasteiger partial charge on any atom is 0.221 e. The molecule has 0 unspecified atom stereocenters. The molecule has 0 aliphatic rings. The zero-order valence-electron chi connectivity index (χ0n) is 11.0. The van der Waals surface area contributed by atoms with Crippen molar-refractivity contribution in [1.82, 2.24) is 15.6 Å². The average Bonchev–Trinajstić information content (AvgIpc) is 2.59. The van der Waals surface area contributed by atoms with Crippen molar-refractivity contribution < 1.29 is 4.79 Å². The molecule has 0 saturated carbocycles. The molecular formula is C12H21N3OS. The third-order valence-electron chi connectivity index (χ3n) is 2.11. The van der Waals surface area contributed by atoms with E-state index in [0.29, 0.717) is 19.5 Å². The molecule has 0 radical (unpaired) electrons. The van der Waals surface area contributed by atoms with Crippen LogP contribution in [0.1, 0.15) is 37.1 Å². The first-order valence-electron chi connectivity index (χ1n) is 5.80. The van der Waals surface area contributed by atoms with Gasteiger partial charge in [-0.2, -0.15) is 0 Å². The lowest BCUT2D eigenvalue weighted by Crippen LogP contribution is -2.38. The quantitative estimate of drug-likeness (QED) is 0.844. The fourth-order valence-corrected chi connectivity index (χ4v) is 2.02. The number of hydrogen-bond acceptors (Lipinski definition) is 4. The summed E-state index contributed by atoms with van der Waals surface area (Å²) in [6.07, 6.45) is 2.33. The number of carbonyl (C=O) groups excluding carboxylic acids is 1. The van der Waals surface area contributed by atoms with Crippen molar-refractivity contribution in [2.75, 3.05) is 6.54 Å². The Kier molecular flexibility index (Phi) is 5.08. The summed E-state index contributed by atoms with van der Waals surface area (Å²) in [5.41, 5.74) is 0.0622. The topological polar surface area (TPSA) is 54.0 Å². The average molecular weight is 255 g/mol. The molecule has 2 N–H and O–H groups in total. The van der Waals surface area contributed by atoms with Gasteiger partial charge in [0.05, 0.1) is 6.54 Å². The molecule has 17 heavy (non-hydrogen) atoms. The standard InChI is InChI=1S/C12H21N3OS/c1-9-7-14-11(17-9)8-13-10(16)5-6-15-12(2,3)4/h7,15H,5-6,8H2,1-4H3,(H,13,16). The number of rotatable bonds is 5. The lowest BCUT2D eigenvalue weighted by molar-refractivity contribution is -0.121. The lowest BCUT2D eigenvalue weighted by Gasteiger charge is -2.20. The minimum absolute atomic E-state index is 0.0622.